The summed E-state index contributed by atoms with van der Waals surface area (Å²) in [6, 6.07) is 0. The lowest BCUT2D eigenvalue weighted by molar-refractivity contribution is 1.03. The molecule has 0 saturated heterocycles. The van der Waals surface area contributed by atoms with Crippen molar-refractivity contribution in [2.75, 3.05) is 6.26 Å². The molecule has 0 amide bonds. The number of halogens is 1. The standard InChI is InChI=1S/C5H5BrN2S/c1-9-5-3-7-2-4(6)8-5/h2-3H,1H3. The van der Waals surface area contributed by atoms with E-state index in [0.717, 1.165) is 9.63 Å². The van der Waals surface area contributed by atoms with E-state index in [0.29, 0.717) is 0 Å². The van der Waals surface area contributed by atoms with Gasteiger partial charge in [-0.05, 0) is 22.2 Å². The van der Waals surface area contributed by atoms with Gasteiger partial charge in [0.15, 0.2) is 0 Å². The summed E-state index contributed by atoms with van der Waals surface area (Å²) in [5.41, 5.74) is 0. The average molecular weight is 205 g/mol. The summed E-state index contributed by atoms with van der Waals surface area (Å²) in [4.78, 5) is 8.03. The molecule has 0 fully saturated rings. The minimum atomic E-state index is 0.786. The van der Waals surface area contributed by atoms with E-state index in [-0.39, 0.29) is 0 Å². The van der Waals surface area contributed by atoms with Crippen molar-refractivity contribution in [1.29, 1.82) is 0 Å². The van der Waals surface area contributed by atoms with Crippen LogP contribution >= 0.6 is 27.7 Å². The van der Waals surface area contributed by atoms with Crippen molar-refractivity contribution in [2.24, 2.45) is 0 Å². The van der Waals surface area contributed by atoms with E-state index in [1.807, 2.05) is 6.26 Å². The summed E-state index contributed by atoms with van der Waals surface area (Å²) in [7, 11) is 0. The normalized spacial score (nSPS) is 9.56. The van der Waals surface area contributed by atoms with E-state index in [9.17, 15) is 0 Å². The van der Waals surface area contributed by atoms with Gasteiger partial charge in [0.05, 0.1) is 12.4 Å². The molecule has 0 spiro atoms. The van der Waals surface area contributed by atoms with Crippen LogP contribution in [-0.2, 0) is 0 Å². The topological polar surface area (TPSA) is 25.8 Å². The van der Waals surface area contributed by atoms with Crippen LogP contribution in [0.3, 0.4) is 0 Å². The summed E-state index contributed by atoms with van der Waals surface area (Å²) in [6.45, 7) is 0. The predicted octanol–water partition coefficient (Wildman–Crippen LogP) is 1.96. The van der Waals surface area contributed by atoms with Gasteiger partial charge in [-0.2, -0.15) is 0 Å². The second-order valence-corrected chi connectivity index (χ2v) is 3.02. The van der Waals surface area contributed by atoms with Gasteiger partial charge in [-0.1, -0.05) is 0 Å². The maximum Gasteiger partial charge on any atom is 0.125 e. The average Bonchev–Trinajstić information content (AvgIpc) is 1.88. The Labute approximate surface area is 66.2 Å². The second-order valence-electron chi connectivity index (χ2n) is 1.38. The molecular formula is C5H5BrN2S. The Morgan fingerprint density at radius 1 is 1.56 bits per heavy atom. The van der Waals surface area contributed by atoms with Crippen LogP contribution in [0.25, 0.3) is 0 Å². The molecule has 0 aliphatic heterocycles. The summed E-state index contributed by atoms with van der Waals surface area (Å²) < 4.78 is 0.786. The number of thioether (sulfide) groups is 1. The molecule has 1 heterocycles. The van der Waals surface area contributed by atoms with Gasteiger partial charge >= 0.3 is 0 Å². The van der Waals surface area contributed by atoms with E-state index in [1.54, 1.807) is 24.2 Å². The Balaban J connectivity index is 2.94. The molecule has 0 aromatic carbocycles. The van der Waals surface area contributed by atoms with Gasteiger partial charge in [0.1, 0.15) is 9.63 Å². The van der Waals surface area contributed by atoms with Gasteiger partial charge in [-0.25, -0.2) is 4.98 Å². The van der Waals surface area contributed by atoms with E-state index in [4.69, 9.17) is 0 Å². The van der Waals surface area contributed by atoms with Crippen molar-refractivity contribution in [2.45, 2.75) is 5.03 Å². The number of hydrogen-bond acceptors (Lipinski definition) is 3. The number of nitrogens with zero attached hydrogens (tertiary/aromatic N) is 2. The Kier molecular flexibility index (Phi) is 2.48. The van der Waals surface area contributed by atoms with Gasteiger partial charge in [0.2, 0.25) is 0 Å². The minimum absolute atomic E-state index is 0.786. The zero-order valence-electron chi connectivity index (χ0n) is 4.84. The summed E-state index contributed by atoms with van der Waals surface area (Å²) in [6.07, 6.45) is 5.37. The Morgan fingerprint density at radius 2 is 2.33 bits per heavy atom. The highest BCUT2D eigenvalue weighted by atomic mass is 79.9. The molecule has 0 saturated carbocycles. The molecule has 0 bridgehead atoms. The third-order valence-corrected chi connectivity index (χ3v) is 1.79. The molecule has 4 heteroatoms. The highest BCUT2D eigenvalue weighted by molar-refractivity contribution is 9.10. The fraction of sp³-hybridized carbons (Fsp3) is 0.200. The van der Waals surface area contributed by atoms with Crippen LogP contribution in [-0.4, -0.2) is 16.2 Å². The fourth-order valence-corrected chi connectivity index (χ4v) is 1.21. The van der Waals surface area contributed by atoms with Gasteiger partial charge in [0, 0.05) is 0 Å². The quantitative estimate of drug-likeness (QED) is 0.655. The van der Waals surface area contributed by atoms with Crippen molar-refractivity contribution in [3.8, 4) is 0 Å². The molecule has 1 rings (SSSR count). The molecule has 0 atom stereocenters. The predicted molar refractivity (Wildman–Crippen MR) is 41.5 cm³/mol. The summed E-state index contributed by atoms with van der Waals surface area (Å²) in [5.74, 6) is 0. The molecular weight excluding hydrogens is 200 g/mol. The molecule has 0 radical (unpaired) electrons. The second kappa shape index (κ2) is 3.17. The highest BCUT2D eigenvalue weighted by Crippen LogP contribution is 2.11. The zero-order valence-corrected chi connectivity index (χ0v) is 7.24. The van der Waals surface area contributed by atoms with Crippen LogP contribution in [0.1, 0.15) is 0 Å². The highest BCUT2D eigenvalue weighted by Gasteiger charge is 1.90. The maximum atomic E-state index is 4.11. The van der Waals surface area contributed by atoms with Gasteiger partial charge in [-0.3, -0.25) is 4.98 Å². The lowest BCUT2D eigenvalue weighted by Gasteiger charge is -1.91. The van der Waals surface area contributed by atoms with Crippen molar-refractivity contribution < 1.29 is 0 Å². The SMILES string of the molecule is CSc1cncc(Br)n1. The van der Waals surface area contributed by atoms with Crippen LogP contribution in [0.4, 0.5) is 0 Å². The van der Waals surface area contributed by atoms with Crippen LogP contribution < -0.4 is 0 Å². The van der Waals surface area contributed by atoms with E-state index in [1.165, 1.54) is 0 Å². The molecule has 0 N–H and O–H groups in total. The number of hydrogen-bond donors (Lipinski definition) is 0. The molecule has 1 aromatic rings. The Morgan fingerprint density at radius 3 is 2.78 bits per heavy atom. The van der Waals surface area contributed by atoms with Gasteiger partial charge < -0.3 is 0 Å². The largest absolute Gasteiger partial charge is 0.259 e. The first-order valence-corrected chi connectivity index (χ1v) is 4.36. The fourth-order valence-electron chi connectivity index (χ4n) is 0.424. The molecule has 0 unspecified atom stereocenters. The van der Waals surface area contributed by atoms with Crippen LogP contribution in [0, 0.1) is 0 Å². The molecule has 9 heavy (non-hydrogen) atoms. The first-order valence-electron chi connectivity index (χ1n) is 2.34. The van der Waals surface area contributed by atoms with Gasteiger partial charge in [0.25, 0.3) is 0 Å². The smallest absolute Gasteiger partial charge is 0.125 e. The van der Waals surface area contributed by atoms with Crippen LogP contribution in [0.2, 0.25) is 0 Å². The number of rotatable bonds is 1. The molecule has 0 aliphatic carbocycles. The van der Waals surface area contributed by atoms with Gasteiger partial charge in [-0.15, -0.1) is 11.8 Å². The van der Waals surface area contributed by atoms with E-state index >= 15 is 0 Å². The molecule has 48 valence electrons. The molecule has 2 nitrogen and oxygen atoms in total. The Bertz CT molecular complexity index is 204. The zero-order chi connectivity index (χ0) is 6.69. The first kappa shape index (κ1) is 7.02. The Hall–Kier alpha value is -0.0900. The van der Waals surface area contributed by atoms with Crippen molar-refractivity contribution in [3.63, 3.8) is 0 Å². The van der Waals surface area contributed by atoms with Crippen molar-refractivity contribution >= 4 is 27.7 Å². The van der Waals surface area contributed by atoms with Crippen molar-refractivity contribution in [1.82, 2.24) is 9.97 Å². The van der Waals surface area contributed by atoms with E-state index in [2.05, 4.69) is 25.9 Å². The van der Waals surface area contributed by atoms with Crippen molar-refractivity contribution in [3.05, 3.63) is 17.0 Å². The monoisotopic (exact) mass is 204 g/mol. The number of aromatic nitrogens is 2. The van der Waals surface area contributed by atoms with Crippen LogP contribution in [0.5, 0.6) is 0 Å². The third-order valence-electron chi connectivity index (χ3n) is 0.792. The van der Waals surface area contributed by atoms with Crippen LogP contribution in [0.15, 0.2) is 22.0 Å². The lowest BCUT2D eigenvalue weighted by Crippen LogP contribution is -1.80. The lowest BCUT2D eigenvalue weighted by atomic mass is 10.8. The maximum absolute atomic E-state index is 4.11. The first-order chi connectivity index (χ1) is 4.33. The molecule has 0 aliphatic rings. The summed E-state index contributed by atoms with van der Waals surface area (Å²) >= 11 is 4.80. The summed E-state index contributed by atoms with van der Waals surface area (Å²) in [5, 5.41) is 0.935. The molecule has 1 aromatic heterocycles. The van der Waals surface area contributed by atoms with E-state index < -0.39 is 0 Å². The minimum Gasteiger partial charge on any atom is -0.259 e. The third kappa shape index (κ3) is 1.95.